The van der Waals surface area contributed by atoms with E-state index < -0.39 is 5.69 Å². The monoisotopic (exact) mass is 446 g/mol. The average molecular weight is 447 g/mol. The molecule has 1 saturated carbocycles. The smallest absolute Gasteiger partial charge is 0.326 e. The lowest BCUT2D eigenvalue weighted by Crippen LogP contribution is -2.26. The Kier molecular flexibility index (Phi) is 5.41. The molecule has 1 unspecified atom stereocenters. The summed E-state index contributed by atoms with van der Waals surface area (Å²) in [5, 5.41) is 18.5. The van der Waals surface area contributed by atoms with Crippen molar-refractivity contribution in [2.45, 2.75) is 45.2 Å². The minimum absolute atomic E-state index is 0.0304. The van der Waals surface area contributed by atoms with Crippen LogP contribution in [0.3, 0.4) is 0 Å². The lowest BCUT2D eigenvalue weighted by atomic mass is 9.97. The number of aromatic amines is 2. The predicted octanol–water partition coefficient (Wildman–Crippen LogP) is 1.66. The highest BCUT2D eigenvalue weighted by atomic mass is 16.3. The number of H-pyrrole nitrogens is 2. The number of hydrogen-bond acceptors (Lipinski definition) is 7. The summed E-state index contributed by atoms with van der Waals surface area (Å²) < 4.78 is 1.59. The van der Waals surface area contributed by atoms with Crippen molar-refractivity contribution < 1.29 is 5.11 Å². The number of anilines is 1. The maximum absolute atomic E-state index is 11.5. The zero-order valence-electron chi connectivity index (χ0n) is 18.5. The van der Waals surface area contributed by atoms with Gasteiger partial charge in [0.05, 0.1) is 18.3 Å². The second kappa shape index (κ2) is 8.53. The number of hydrogen-bond donors (Lipinski definition) is 4. The van der Waals surface area contributed by atoms with Gasteiger partial charge in [-0.15, -0.1) is 0 Å². The minimum atomic E-state index is -0.490. The molecule has 1 fully saturated rings. The number of nitrogens with one attached hydrogen (secondary N) is 3. The Morgan fingerprint density at radius 3 is 2.70 bits per heavy atom. The zero-order valence-corrected chi connectivity index (χ0v) is 18.5. The largest absolute Gasteiger partial charge is 0.493 e. The Morgan fingerprint density at radius 1 is 1.24 bits per heavy atom. The fourth-order valence-electron chi connectivity index (χ4n) is 3.74. The van der Waals surface area contributed by atoms with Crippen LogP contribution in [-0.4, -0.2) is 40.7 Å². The molecule has 1 aliphatic carbocycles. The Balaban J connectivity index is 1.63. The highest BCUT2D eigenvalue weighted by Gasteiger charge is 2.21. The highest BCUT2D eigenvalue weighted by molar-refractivity contribution is 5.57. The van der Waals surface area contributed by atoms with Crippen molar-refractivity contribution in [2.75, 3.05) is 5.32 Å². The van der Waals surface area contributed by atoms with Crippen LogP contribution in [0.5, 0.6) is 5.88 Å². The molecule has 0 radical (unpaired) electrons. The molecule has 0 spiro atoms. The third kappa shape index (κ3) is 4.64. The van der Waals surface area contributed by atoms with Gasteiger partial charge in [0.2, 0.25) is 11.8 Å². The molecule has 4 N–H and O–H groups in total. The zero-order chi connectivity index (χ0) is 22.9. The molecule has 0 aliphatic heterocycles. The molecule has 5 rings (SSSR count). The van der Waals surface area contributed by atoms with Gasteiger partial charge in [0, 0.05) is 5.22 Å². The summed E-state index contributed by atoms with van der Waals surface area (Å²) in [5.41, 5.74) is 1.93. The van der Waals surface area contributed by atoms with Gasteiger partial charge in [-0.05, 0) is 36.8 Å². The van der Waals surface area contributed by atoms with Crippen molar-refractivity contribution in [3.63, 3.8) is 0 Å². The molecule has 10 heteroatoms. The van der Waals surface area contributed by atoms with E-state index in [1.54, 1.807) is 16.8 Å². The van der Waals surface area contributed by atoms with Crippen molar-refractivity contribution in [1.82, 2.24) is 29.5 Å². The van der Waals surface area contributed by atoms with Gasteiger partial charge in [-0.25, -0.2) is 9.79 Å². The van der Waals surface area contributed by atoms with E-state index in [1.165, 1.54) is 0 Å². The number of aromatic hydroxyl groups is 1. The van der Waals surface area contributed by atoms with Gasteiger partial charge in [-0.1, -0.05) is 44.2 Å². The fraction of sp³-hybridized carbons (Fsp3) is 0.348. The van der Waals surface area contributed by atoms with E-state index >= 15 is 0 Å². The standard InChI is InChI=1S/C23H26N8O2/c1-13(2)10-17(14-6-4-3-5-7-14)26-21-28-19-15(11-18-20(32)29-23(33)27-18)12-24-31(19)22(30-21)25-16-8-9-16/h3-7,11-13,16-17,32H,8-10H2,1-2H3,(H,25,26,30)(H2,27,29,33). The van der Waals surface area contributed by atoms with Crippen LogP contribution in [0.2, 0.25) is 0 Å². The van der Waals surface area contributed by atoms with Gasteiger partial charge in [-0.3, -0.25) is 4.98 Å². The van der Waals surface area contributed by atoms with Crippen molar-refractivity contribution in [2.24, 2.45) is 10.9 Å². The summed E-state index contributed by atoms with van der Waals surface area (Å²) in [6.07, 6.45) is 6.22. The van der Waals surface area contributed by atoms with E-state index in [0.717, 1.165) is 24.8 Å². The van der Waals surface area contributed by atoms with Gasteiger partial charge in [-0.2, -0.15) is 19.6 Å². The molecule has 170 valence electrons. The summed E-state index contributed by atoms with van der Waals surface area (Å²) in [6, 6.07) is 10.5. The minimum Gasteiger partial charge on any atom is -0.493 e. The average Bonchev–Trinajstić information content (AvgIpc) is 3.42. The fourth-order valence-corrected chi connectivity index (χ4v) is 3.74. The molecule has 33 heavy (non-hydrogen) atoms. The Bertz CT molecular complexity index is 1450. The Labute approximate surface area is 189 Å². The van der Waals surface area contributed by atoms with Crippen molar-refractivity contribution >= 4 is 17.7 Å². The first-order chi connectivity index (χ1) is 16.0. The molecular formula is C23H26N8O2. The molecule has 3 aromatic heterocycles. The van der Waals surface area contributed by atoms with E-state index in [4.69, 9.17) is 9.98 Å². The van der Waals surface area contributed by atoms with Gasteiger partial charge in [0.1, 0.15) is 5.69 Å². The van der Waals surface area contributed by atoms with Crippen LogP contribution in [0, 0.1) is 5.92 Å². The summed E-state index contributed by atoms with van der Waals surface area (Å²) >= 11 is 0. The van der Waals surface area contributed by atoms with Gasteiger partial charge < -0.3 is 15.4 Å². The molecule has 1 aromatic carbocycles. The second-order valence-corrected chi connectivity index (χ2v) is 8.77. The van der Waals surface area contributed by atoms with Crippen molar-refractivity contribution in [3.8, 4) is 5.88 Å². The summed E-state index contributed by atoms with van der Waals surface area (Å²) in [7, 11) is 0. The normalized spacial score (nSPS) is 16.1. The SMILES string of the molecule is CC(C)CC(Nc1nc(=NC2CC2)n2ncc(=Cc3[nH]c(=O)[nH]c3O)c2n1)c1ccccc1. The molecule has 0 amide bonds. The summed E-state index contributed by atoms with van der Waals surface area (Å²) in [4.78, 5) is 30.5. The van der Waals surface area contributed by atoms with Gasteiger partial charge >= 0.3 is 5.69 Å². The predicted molar refractivity (Wildman–Crippen MR) is 123 cm³/mol. The number of imidazole rings is 1. The Morgan fingerprint density at radius 2 is 2.03 bits per heavy atom. The molecular weight excluding hydrogens is 420 g/mol. The quantitative estimate of drug-likeness (QED) is 0.341. The van der Waals surface area contributed by atoms with Crippen LogP contribution in [0.15, 0.2) is 46.3 Å². The topological polar surface area (TPSA) is 136 Å². The van der Waals surface area contributed by atoms with Gasteiger partial charge in [0.25, 0.3) is 5.62 Å². The first-order valence-corrected chi connectivity index (χ1v) is 11.1. The molecule has 3 heterocycles. The summed E-state index contributed by atoms with van der Waals surface area (Å²) in [6.45, 7) is 4.37. The molecule has 1 atom stereocenters. The second-order valence-electron chi connectivity index (χ2n) is 8.77. The molecule has 0 saturated heterocycles. The Hall–Kier alpha value is -3.95. The number of rotatable bonds is 7. The van der Waals surface area contributed by atoms with Crippen LogP contribution < -0.4 is 21.8 Å². The molecule has 1 aliphatic rings. The van der Waals surface area contributed by atoms with Crippen LogP contribution in [0.1, 0.15) is 50.4 Å². The maximum atomic E-state index is 11.5. The first kappa shape index (κ1) is 20.9. The van der Waals surface area contributed by atoms with E-state index in [-0.39, 0.29) is 23.7 Å². The number of benzene rings is 1. The highest BCUT2D eigenvalue weighted by Crippen LogP contribution is 2.25. The van der Waals surface area contributed by atoms with Gasteiger partial charge in [0.15, 0.2) is 5.65 Å². The van der Waals surface area contributed by atoms with E-state index in [9.17, 15) is 9.90 Å². The summed E-state index contributed by atoms with van der Waals surface area (Å²) in [5.74, 6) is 0.684. The van der Waals surface area contributed by atoms with E-state index in [1.807, 2.05) is 18.2 Å². The van der Waals surface area contributed by atoms with Crippen molar-refractivity contribution in [1.29, 1.82) is 0 Å². The van der Waals surface area contributed by atoms with E-state index in [0.29, 0.717) is 28.4 Å². The third-order valence-electron chi connectivity index (χ3n) is 5.47. The van der Waals surface area contributed by atoms with Crippen LogP contribution in [0.4, 0.5) is 5.95 Å². The number of aromatic nitrogens is 6. The molecule has 10 nitrogen and oxygen atoms in total. The number of nitrogens with zero attached hydrogens (tertiary/aromatic N) is 5. The molecule has 0 bridgehead atoms. The first-order valence-electron chi connectivity index (χ1n) is 11.1. The molecule has 4 aromatic rings. The lowest BCUT2D eigenvalue weighted by Gasteiger charge is -2.21. The van der Waals surface area contributed by atoms with Crippen LogP contribution in [0.25, 0.3) is 11.7 Å². The van der Waals surface area contributed by atoms with Crippen LogP contribution >= 0.6 is 0 Å². The van der Waals surface area contributed by atoms with Crippen LogP contribution in [-0.2, 0) is 0 Å². The number of fused-ring (bicyclic) bond motifs is 1. The third-order valence-corrected chi connectivity index (χ3v) is 5.47. The lowest BCUT2D eigenvalue weighted by molar-refractivity contribution is 0.454. The van der Waals surface area contributed by atoms with Crippen molar-refractivity contribution in [3.05, 3.63) is 69.1 Å². The van der Waals surface area contributed by atoms with E-state index in [2.05, 4.69) is 51.3 Å². The maximum Gasteiger partial charge on any atom is 0.326 e.